The maximum atomic E-state index is 13.0. The molecule has 112 valence electrons. The van der Waals surface area contributed by atoms with Gasteiger partial charge in [-0.1, -0.05) is 13.8 Å². The Balaban J connectivity index is 3.01. The Hall–Kier alpha value is -1.63. The number of benzene rings is 1. The third-order valence-electron chi connectivity index (χ3n) is 2.80. The minimum atomic E-state index is -3.94. The molecule has 0 heterocycles. The number of carbonyl (C=O) groups is 1. The van der Waals surface area contributed by atoms with Gasteiger partial charge < -0.3 is 11.1 Å². The van der Waals surface area contributed by atoms with E-state index in [1.807, 2.05) is 13.8 Å². The number of nitrogens with one attached hydrogen (secondary N) is 1. The van der Waals surface area contributed by atoms with Crippen molar-refractivity contribution in [3.8, 4) is 0 Å². The summed E-state index contributed by atoms with van der Waals surface area (Å²) in [6.07, 6.45) is 0. The Labute approximate surface area is 118 Å². The van der Waals surface area contributed by atoms with Crippen molar-refractivity contribution in [1.82, 2.24) is 5.32 Å². The molecule has 0 aromatic heterocycles. The highest BCUT2D eigenvalue weighted by atomic mass is 32.2. The van der Waals surface area contributed by atoms with Crippen LogP contribution < -0.4 is 11.1 Å². The monoisotopic (exact) mass is 302 g/mol. The maximum Gasteiger partial charge on any atom is 0.238 e. The summed E-state index contributed by atoms with van der Waals surface area (Å²) in [6, 6.07) is 3.00. The average Bonchev–Trinajstić information content (AvgIpc) is 2.34. The number of carbonyl (C=O) groups excluding carboxylic acids is 1. The molecular weight excluding hydrogens is 283 g/mol. The lowest BCUT2D eigenvalue weighted by Crippen LogP contribution is -2.39. The fraction of sp³-hybridized carbons (Fsp3) is 0.462. The third-order valence-corrected chi connectivity index (χ3v) is 4.93. The molecule has 1 unspecified atom stereocenters. The summed E-state index contributed by atoms with van der Waals surface area (Å²) in [5.41, 5.74) is 5.32. The molecule has 0 saturated heterocycles. The summed E-state index contributed by atoms with van der Waals surface area (Å²) in [5, 5.41) is 1.27. The number of hydrogen-bond donors (Lipinski definition) is 2. The molecule has 1 amide bonds. The number of nitrogen functional groups attached to an aromatic ring is 1. The van der Waals surface area contributed by atoms with Crippen molar-refractivity contribution in [2.24, 2.45) is 5.92 Å². The van der Waals surface area contributed by atoms with Crippen molar-refractivity contribution in [3.63, 3.8) is 0 Å². The van der Waals surface area contributed by atoms with Crippen molar-refractivity contribution in [3.05, 3.63) is 24.0 Å². The average molecular weight is 302 g/mol. The zero-order valence-electron chi connectivity index (χ0n) is 11.7. The van der Waals surface area contributed by atoms with Crippen LogP contribution in [-0.2, 0) is 14.6 Å². The first kappa shape index (κ1) is 16.4. The van der Waals surface area contributed by atoms with E-state index in [0.29, 0.717) is 6.54 Å². The number of hydrogen-bond acceptors (Lipinski definition) is 4. The summed E-state index contributed by atoms with van der Waals surface area (Å²) in [6.45, 7) is 5.47. The minimum absolute atomic E-state index is 0.200. The summed E-state index contributed by atoms with van der Waals surface area (Å²) >= 11 is 0. The van der Waals surface area contributed by atoms with E-state index in [2.05, 4.69) is 5.32 Å². The van der Waals surface area contributed by atoms with Gasteiger partial charge in [0, 0.05) is 6.54 Å². The first-order chi connectivity index (χ1) is 9.16. The highest BCUT2D eigenvalue weighted by molar-refractivity contribution is 7.93. The van der Waals surface area contributed by atoms with Crippen LogP contribution >= 0.6 is 0 Å². The molecule has 1 aromatic rings. The van der Waals surface area contributed by atoms with E-state index in [1.165, 1.54) is 6.92 Å². The molecule has 1 atom stereocenters. The second-order valence-electron chi connectivity index (χ2n) is 5.01. The van der Waals surface area contributed by atoms with Gasteiger partial charge in [-0.15, -0.1) is 0 Å². The molecule has 7 heteroatoms. The molecular formula is C13H19FN2O3S. The first-order valence-electron chi connectivity index (χ1n) is 6.23. The van der Waals surface area contributed by atoms with Gasteiger partial charge in [-0.05, 0) is 31.0 Å². The Morgan fingerprint density at radius 1 is 1.35 bits per heavy atom. The van der Waals surface area contributed by atoms with E-state index in [1.54, 1.807) is 0 Å². The fourth-order valence-electron chi connectivity index (χ4n) is 1.56. The van der Waals surface area contributed by atoms with Gasteiger partial charge in [0.1, 0.15) is 11.1 Å². The second kappa shape index (κ2) is 6.21. The number of rotatable bonds is 5. The molecule has 0 radical (unpaired) electrons. The van der Waals surface area contributed by atoms with Crippen molar-refractivity contribution >= 4 is 21.4 Å². The van der Waals surface area contributed by atoms with E-state index < -0.39 is 26.8 Å². The lowest BCUT2D eigenvalue weighted by molar-refractivity contribution is -0.120. The van der Waals surface area contributed by atoms with Gasteiger partial charge in [0.25, 0.3) is 0 Å². The topological polar surface area (TPSA) is 89.3 Å². The van der Waals surface area contributed by atoms with Crippen molar-refractivity contribution in [2.75, 3.05) is 12.3 Å². The number of sulfone groups is 1. The van der Waals surface area contributed by atoms with E-state index in [-0.39, 0.29) is 16.5 Å². The van der Waals surface area contributed by atoms with Crippen LogP contribution in [0.25, 0.3) is 0 Å². The molecule has 20 heavy (non-hydrogen) atoms. The van der Waals surface area contributed by atoms with Crippen LogP contribution in [0, 0.1) is 11.7 Å². The minimum Gasteiger partial charge on any atom is -0.398 e. The quantitative estimate of drug-likeness (QED) is 0.634. The molecule has 1 rings (SSSR count). The molecule has 0 aliphatic heterocycles. The van der Waals surface area contributed by atoms with Gasteiger partial charge in [-0.2, -0.15) is 0 Å². The molecule has 3 N–H and O–H groups in total. The largest absolute Gasteiger partial charge is 0.398 e. The van der Waals surface area contributed by atoms with E-state index in [4.69, 9.17) is 5.73 Å². The second-order valence-corrected chi connectivity index (χ2v) is 7.25. The predicted molar refractivity (Wildman–Crippen MR) is 75.3 cm³/mol. The number of nitrogens with two attached hydrogens (primary N) is 1. The molecule has 0 bridgehead atoms. The normalized spacial score (nSPS) is 13.2. The molecule has 0 aliphatic rings. The van der Waals surface area contributed by atoms with Crippen LogP contribution in [0.5, 0.6) is 0 Å². The molecule has 0 aliphatic carbocycles. The molecule has 5 nitrogen and oxygen atoms in total. The van der Waals surface area contributed by atoms with Gasteiger partial charge >= 0.3 is 0 Å². The number of anilines is 1. The number of amides is 1. The van der Waals surface area contributed by atoms with Crippen molar-refractivity contribution in [2.45, 2.75) is 30.9 Å². The Morgan fingerprint density at radius 2 is 1.95 bits per heavy atom. The van der Waals surface area contributed by atoms with E-state index >= 15 is 0 Å². The fourth-order valence-corrected chi connectivity index (χ4v) is 2.95. The SMILES string of the molecule is CC(C)CNC(=O)C(C)S(=O)(=O)c1ccc(F)cc1N. The van der Waals surface area contributed by atoms with Gasteiger partial charge in [0.2, 0.25) is 5.91 Å². The zero-order valence-corrected chi connectivity index (χ0v) is 12.5. The molecule has 1 aromatic carbocycles. The zero-order chi connectivity index (χ0) is 15.5. The summed E-state index contributed by atoms with van der Waals surface area (Å²) in [4.78, 5) is 11.6. The van der Waals surface area contributed by atoms with E-state index in [9.17, 15) is 17.6 Å². The predicted octanol–water partition coefficient (Wildman–Crippen LogP) is 1.34. The molecule has 0 fully saturated rings. The van der Waals surface area contributed by atoms with Gasteiger partial charge in [0.05, 0.1) is 10.6 Å². The molecule has 0 saturated carbocycles. The van der Waals surface area contributed by atoms with Crippen LogP contribution in [0.15, 0.2) is 23.1 Å². The van der Waals surface area contributed by atoms with Crippen molar-refractivity contribution < 1.29 is 17.6 Å². The maximum absolute atomic E-state index is 13.0. The lowest BCUT2D eigenvalue weighted by atomic mass is 10.2. The van der Waals surface area contributed by atoms with Crippen LogP contribution in [-0.4, -0.2) is 26.1 Å². The van der Waals surface area contributed by atoms with Crippen LogP contribution in [0.3, 0.4) is 0 Å². The standard InChI is InChI=1S/C13H19FN2O3S/c1-8(2)7-16-13(17)9(3)20(18,19)12-5-4-10(14)6-11(12)15/h4-6,8-9H,7,15H2,1-3H3,(H,16,17). The van der Waals surface area contributed by atoms with Crippen LogP contribution in [0.4, 0.5) is 10.1 Å². The highest BCUT2D eigenvalue weighted by Gasteiger charge is 2.31. The van der Waals surface area contributed by atoms with Crippen LogP contribution in [0.2, 0.25) is 0 Å². The summed E-state index contributed by atoms with van der Waals surface area (Å²) in [5.74, 6) is -1.01. The van der Waals surface area contributed by atoms with Gasteiger partial charge in [-0.3, -0.25) is 4.79 Å². The number of halogens is 1. The van der Waals surface area contributed by atoms with Gasteiger partial charge in [0.15, 0.2) is 9.84 Å². The first-order valence-corrected chi connectivity index (χ1v) is 7.77. The Bertz CT molecular complexity index is 600. The van der Waals surface area contributed by atoms with E-state index in [0.717, 1.165) is 18.2 Å². The van der Waals surface area contributed by atoms with Crippen molar-refractivity contribution in [1.29, 1.82) is 0 Å². The third kappa shape index (κ3) is 3.69. The lowest BCUT2D eigenvalue weighted by Gasteiger charge is -2.15. The highest BCUT2D eigenvalue weighted by Crippen LogP contribution is 2.23. The van der Waals surface area contributed by atoms with Crippen LogP contribution in [0.1, 0.15) is 20.8 Å². The summed E-state index contributed by atoms with van der Waals surface area (Å²) < 4.78 is 37.5. The Morgan fingerprint density at radius 3 is 2.45 bits per heavy atom. The van der Waals surface area contributed by atoms with Gasteiger partial charge in [-0.25, -0.2) is 12.8 Å². The smallest absolute Gasteiger partial charge is 0.238 e. The molecule has 0 spiro atoms. The Kier molecular flexibility index (Phi) is 5.10. The summed E-state index contributed by atoms with van der Waals surface area (Å²) in [7, 11) is -3.94.